The molecule has 0 radical (unpaired) electrons. The Balaban J connectivity index is 2.58. The standard InChI is InChI=1S/C14H23NO2/c1-10(2)12(11-8-6-7-9-11)15-13(16)17-14(3,4)5/h6-12H,1-5H3,(H,15,16). The molecule has 1 aliphatic rings. The molecule has 1 aliphatic carbocycles. The van der Waals surface area contributed by atoms with Crippen LogP contribution in [0.5, 0.6) is 0 Å². The molecular weight excluding hydrogens is 214 g/mol. The number of ether oxygens (including phenoxy) is 1. The van der Waals surface area contributed by atoms with Gasteiger partial charge in [0.25, 0.3) is 0 Å². The van der Waals surface area contributed by atoms with E-state index in [1.54, 1.807) is 0 Å². The number of allylic oxidation sites excluding steroid dienone is 2. The van der Waals surface area contributed by atoms with Crippen LogP contribution in [-0.2, 0) is 4.74 Å². The Morgan fingerprint density at radius 2 is 1.76 bits per heavy atom. The smallest absolute Gasteiger partial charge is 0.407 e. The fourth-order valence-electron chi connectivity index (χ4n) is 1.84. The molecule has 1 atom stereocenters. The summed E-state index contributed by atoms with van der Waals surface area (Å²) in [7, 11) is 0. The first-order valence-electron chi connectivity index (χ1n) is 6.14. The van der Waals surface area contributed by atoms with Crippen molar-refractivity contribution in [2.75, 3.05) is 0 Å². The second-order valence-electron chi connectivity index (χ2n) is 5.76. The Labute approximate surface area is 104 Å². The van der Waals surface area contributed by atoms with Crippen LogP contribution in [0, 0.1) is 11.8 Å². The lowest BCUT2D eigenvalue weighted by atomic mass is 9.92. The van der Waals surface area contributed by atoms with Gasteiger partial charge in [0.1, 0.15) is 5.60 Å². The molecule has 0 saturated heterocycles. The van der Waals surface area contributed by atoms with Crippen molar-refractivity contribution in [1.29, 1.82) is 0 Å². The van der Waals surface area contributed by atoms with Crippen LogP contribution in [0.4, 0.5) is 4.79 Å². The van der Waals surface area contributed by atoms with Gasteiger partial charge in [0.2, 0.25) is 0 Å². The first-order valence-corrected chi connectivity index (χ1v) is 6.14. The van der Waals surface area contributed by atoms with Crippen LogP contribution in [0.3, 0.4) is 0 Å². The van der Waals surface area contributed by atoms with Crippen LogP contribution in [0.1, 0.15) is 34.6 Å². The largest absolute Gasteiger partial charge is 0.444 e. The van der Waals surface area contributed by atoms with Crippen LogP contribution < -0.4 is 5.32 Å². The predicted octanol–water partition coefficient (Wildman–Crippen LogP) is 3.28. The van der Waals surface area contributed by atoms with Gasteiger partial charge in [-0.05, 0) is 26.7 Å². The summed E-state index contributed by atoms with van der Waals surface area (Å²) in [5, 5.41) is 2.95. The van der Waals surface area contributed by atoms with Crippen LogP contribution in [-0.4, -0.2) is 17.7 Å². The number of carbonyl (C=O) groups is 1. The van der Waals surface area contributed by atoms with Gasteiger partial charge in [0.05, 0.1) is 0 Å². The lowest BCUT2D eigenvalue weighted by Gasteiger charge is -2.28. The molecule has 0 aliphatic heterocycles. The average Bonchev–Trinajstić information content (AvgIpc) is 2.63. The minimum Gasteiger partial charge on any atom is -0.444 e. The quantitative estimate of drug-likeness (QED) is 0.818. The van der Waals surface area contributed by atoms with Crippen molar-refractivity contribution < 1.29 is 9.53 Å². The second-order valence-corrected chi connectivity index (χ2v) is 5.76. The first kappa shape index (κ1) is 13.8. The molecule has 0 saturated carbocycles. The maximum atomic E-state index is 11.7. The molecule has 0 heterocycles. The zero-order chi connectivity index (χ0) is 13.1. The van der Waals surface area contributed by atoms with Crippen molar-refractivity contribution in [3.8, 4) is 0 Å². The molecular formula is C14H23NO2. The van der Waals surface area contributed by atoms with Crippen molar-refractivity contribution in [2.24, 2.45) is 11.8 Å². The van der Waals surface area contributed by atoms with Crippen molar-refractivity contribution in [2.45, 2.75) is 46.3 Å². The zero-order valence-corrected chi connectivity index (χ0v) is 11.4. The van der Waals surface area contributed by atoms with E-state index >= 15 is 0 Å². The summed E-state index contributed by atoms with van der Waals surface area (Å²) < 4.78 is 5.28. The highest BCUT2D eigenvalue weighted by Gasteiger charge is 2.26. The van der Waals surface area contributed by atoms with Gasteiger partial charge in [-0.2, -0.15) is 0 Å². The Morgan fingerprint density at radius 1 is 1.24 bits per heavy atom. The van der Waals surface area contributed by atoms with Gasteiger partial charge in [-0.25, -0.2) is 4.79 Å². The summed E-state index contributed by atoms with van der Waals surface area (Å²) in [6, 6.07) is 0.0832. The van der Waals surface area contributed by atoms with Gasteiger partial charge in [-0.15, -0.1) is 0 Å². The lowest BCUT2D eigenvalue weighted by molar-refractivity contribution is 0.0481. The summed E-state index contributed by atoms with van der Waals surface area (Å²) in [5.41, 5.74) is -0.451. The van der Waals surface area contributed by atoms with E-state index < -0.39 is 5.60 Å². The normalized spacial score (nSPS) is 17.5. The molecule has 3 nitrogen and oxygen atoms in total. The van der Waals surface area contributed by atoms with E-state index in [0.29, 0.717) is 5.92 Å². The minimum atomic E-state index is -0.451. The van der Waals surface area contributed by atoms with E-state index in [9.17, 15) is 4.79 Å². The van der Waals surface area contributed by atoms with Crippen LogP contribution in [0.15, 0.2) is 24.3 Å². The van der Waals surface area contributed by atoms with E-state index in [2.05, 4.69) is 31.3 Å². The van der Waals surface area contributed by atoms with Crippen LogP contribution in [0.25, 0.3) is 0 Å². The third-order valence-electron chi connectivity index (χ3n) is 2.59. The molecule has 1 amide bonds. The molecule has 1 N–H and O–H groups in total. The highest BCUT2D eigenvalue weighted by atomic mass is 16.6. The molecule has 96 valence electrons. The van der Waals surface area contributed by atoms with E-state index in [4.69, 9.17) is 4.74 Å². The fraction of sp³-hybridized carbons (Fsp3) is 0.643. The lowest BCUT2D eigenvalue weighted by Crippen LogP contribution is -2.44. The van der Waals surface area contributed by atoms with Gasteiger partial charge in [0.15, 0.2) is 0 Å². The number of rotatable bonds is 3. The Bertz CT molecular complexity index is 312. The van der Waals surface area contributed by atoms with Crippen molar-refractivity contribution >= 4 is 6.09 Å². The van der Waals surface area contributed by atoms with Crippen molar-refractivity contribution in [3.63, 3.8) is 0 Å². The highest BCUT2D eigenvalue weighted by Crippen LogP contribution is 2.20. The number of nitrogens with one attached hydrogen (secondary N) is 1. The fourth-order valence-corrected chi connectivity index (χ4v) is 1.84. The molecule has 1 unspecified atom stereocenters. The molecule has 0 aromatic heterocycles. The molecule has 3 heteroatoms. The van der Waals surface area contributed by atoms with Gasteiger partial charge in [-0.1, -0.05) is 38.2 Å². The molecule has 0 spiro atoms. The summed E-state index contributed by atoms with van der Waals surface area (Å²) >= 11 is 0. The monoisotopic (exact) mass is 237 g/mol. The molecule has 0 aromatic rings. The topological polar surface area (TPSA) is 38.3 Å². The number of carbonyl (C=O) groups excluding carboxylic acids is 1. The van der Waals surface area contributed by atoms with E-state index in [-0.39, 0.29) is 18.1 Å². The minimum absolute atomic E-state index is 0.0832. The molecule has 0 aromatic carbocycles. The Kier molecular flexibility index (Phi) is 4.38. The van der Waals surface area contributed by atoms with Gasteiger partial charge in [-0.3, -0.25) is 0 Å². The zero-order valence-electron chi connectivity index (χ0n) is 11.4. The van der Waals surface area contributed by atoms with Crippen molar-refractivity contribution in [1.82, 2.24) is 5.32 Å². The number of alkyl carbamates (subject to hydrolysis) is 1. The number of hydrogen-bond acceptors (Lipinski definition) is 2. The average molecular weight is 237 g/mol. The second kappa shape index (κ2) is 5.39. The molecule has 1 rings (SSSR count). The first-order chi connectivity index (χ1) is 7.79. The van der Waals surface area contributed by atoms with Gasteiger partial charge < -0.3 is 10.1 Å². The molecule has 17 heavy (non-hydrogen) atoms. The summed E-state index contributed by atoms with van der Waals surface area (Å²) in [6.45, 7) is 9.80. The third-order valence-corrected chi connectivity index (χ3v) is 2.59. The maximum absolute atomic E-state index is 11.7. The van der Waals surface area contributed by atoms with Crippen LogP contribution in [0.2, 0.25) is 0 Å². The highest BCUT2D eigenvalue weighted by molar-refractivity contribution is 5.68. The van der Waals surface area contributed by atoms with E-state index in [0.717, 1.165) is 0 Å². The Morgan fingerprint density at radius 3 is 2.18 bits per heavy atom. The van der Waals surface area contributed by atoms with Gasteiger partial charge >= 0.3 is 6.09 Å². The number of hydrogen-bond donors (Lipinski definition) is 1. The molecule has 0 bridgehead atoms. The van der Waals surface area contributed by atoms with E-state index in [1.807, 2.05) is 32.9 Å². The van der Waals surface area contributed by atoms with Crippen LogP contribution >= 0.6 is 0 Å². The predicted molar refractivity (Wildman–Crippen MR) is 69.8 cm³/mol. The number of amides is 1. The SMILES string of the molecule is CC(C)C(NC(=O)OC(C)(C)C)C1C=CC=C1. The maximum Gasteiger partial charge on any atom is 0.407 e. The molecule has 0 fully saturated rings. The Hall–Kier alpha value is -1.25. The van der Waals surface area contributed by atoms with Crippen molar-refractivity contribution in [3.05, 3.63) is 24.3 Å². The summed E-state index contributed by atoms with van der Waals surface area (Å²) in [4.78, 5) is 11.7. The third kappa shape index (κ3) is 4.63. The summed E-state index contributed by atoms with van der Waals surface area (Å²) in [6.07, 6.45) is 7.88. The summed E-state index contributed by atoms with van der Waals surface area (Å²) in [5.74, 6) is 0.627. The van der Waals surface area contributed by atoms with E-state index in [1.165, 1.54) is 0 Å². The van der Waals surface area contributed by atoms with Gasteiger partial charge in [0, 0.05) is 12.0 Å².